The fourth-order valence-corrected chi connectivity index (χ4v) is 3.33. The smallest absolute Gasteiger partial charge is 0.240 e. The lowest BCUT2D eigenvalue weighted by atomic mass is 9.97. The molecule has 1 amide bonds. The van der Waals surface area contributed by atoms with Gasteiger partial charge in [0.15, 0.2) is 11.5 Å². The van der Waals surface area contributed by atoms with Crippen molar-refractivity contribution in [1.29, 1.82) is 0 Å². The van der Waals surface area contributed by atoms with Gasteiger partial charge in [0.2, 0.25) is 11.7 Å². The number of carbonyl (C=O) groups excluding carboxylic acids is 1. The number of rotatable bonds is 6. The average molecular weight is 384 g/mol. The van der Waals surface area contributed by atoms with Crippen molar-refractivity contribution in [2.45, 2.75) is 19.4 Å². The Kier molecular flexibility index (Phi) is 5.73. The molecule has 0 saturated carbocycles. The Labute approximate surface area is 164 Å². The van der Waals surface area contributed by atoms with E-state index in [1.54, 1.807) is 28.4 Å². The fraction of sp³-hybridized carbons (Fsp3) is 0.333. The lowest BCUT2D eigenvalue weighted by Crippen LogP contribution is -2.24. The Morgan fingerprint density at radius 1 is 1.00 bits per heavy atom. The molecule has 0 N–H and O–H groups in total. The van der Waals surface area contributed by atoms with Crippen LogP contribution in [-0.2, 0) is 4.79 Å². The predicted molar refractivity (Wildman–Crippen MR) is 106 cm³/mol. The van der Waals surface area contributed by atoms with E-state index >= 15 is 0 Å². The van der Waals surface area contributed by atoms with Crippen molar-refractivity contribution in [3.05, 3.63) is 47.5 Å². The molecular formula is C21H24N2O5. The lowest BCUT2D eigenvalue weighted by Gasteiger charge is -2.20. The van der Waals surface area contributed by atoms with Crippen LogP contribution < -0.4 is 18.9 Å². The largest absolute Gasteiger partial charge is 0.497 e. The predicted octanol–water partition coefficient (Wildman–Crippen LogP) is 3.42. The van der Waals surface area contributed by atoms with Crippen molar-refractivity contribution in [3.8, 4) is 23.0 Å². The van der Waals surface area contributed by atoms with Gasteiger partial charge in [-0.05, 0) is 29.8 Å². The summed E-state index contributed by atoms with van der Waals surface area (Å²) in [6.07, 6.45) is 0.561. The van der Waals surface area contributed by atoms with Gasteiger partial charge in [0.05, 0.1) is 40.2 Å². The number of amides is 1. The molecule has 3 rings (SSSR count). The first-order valence-electron chi connectivity index (χ1n) is 8.84. The first-order valence-corrected chi connectivity index (χ1v) is 8.84. The molecular weight excluding hydrogens is 360 g/mol. The van der Waals surface area contributed by atoms with Gasteiger partial charge in [-0.2, -0.15) is 5.10 Å². The Bertz CT molecular complexity index is 884. The van der Waals surface area contributed by atoms with E-state index in [2.05, 4.69) is 5.10 Å². The van der Waals surface area contributed by atoms with Crippen LogP contribution in [0.3, 0.4) is 0 Å². The third-order valence-corrected chi connectivity index (χ3v) is 4.71. The van der Waals surface area contributed by atoms with E-state index in [0.29, 0.717) is 23.7 Å². The standard InChI is InChI=1S/C21H24N2O5/c1-13(24)23-18(14-7-6-8-16(9-14)25-2)12-17(22-23)15-10-19(26-3)21(28-5)20(11-15)27-4/h6-11,18H,12H2,1-5H3. The molecule has 0 saturated heterocycles. The third kappa shape index (κ3) is 3.60. The molecule has 1 unspecified atom stereocenters. The highest BCUT2D eigenvalue weighted by Crippen LogP contribution is 2.41. The fourth-order valence-electron chi connectivity index (χ4n) is 3.33. The maximum atomic E-state index is 12.2. The zero-order valence-electron chi connectivity index (χ0n) is 16.7. The van der Waals surface area contributed by atoms with Crippen LogP contribution in [0, 0.1) is 0 Å². The number of hydrazone groups is 1. The van der Waals surface area contributed by atoms with Crippen molar-refractivity contribution in [2.75, 3.05) is 28.4 Å². The van der Waals surface area contributed by atoms with E-state index < -0.39 is 0 Å². The summed E-state index contributed by atoms with van der Waals surface area (Å²) >= 11 is 0. The summed E-state index contributed by atoms with van der Waals surface area (Å²) in [4.78, 5) is 12.2. The molecule has 0 aliphatic carbocycles. The van der Waals surface area contributed by atoms with Crippen LogP contribution in [0.1, 0.15) is 30.5 Å². The molecule has 2 aromatic rings. The van der Waals surface area contributed by atoms with E-state index in [1.807, 2.05) is 36.4 Å². The van der Waals surface area contributed by atoms with Crippen LogP contribution in [-0.4, -0.2) is 45.1 Å². The second-order valence-electron chi connectivity index (χ2n) is 6.32. The number of hydrogen-bond acceptors (Lipinski definition) is 6. The maximum absolute atomic E-state index is 12.2. The summed E-state index contributed by atoms with van der Waals surface area (Å²) in [5.74, 6) is 2.20. The highest BCUT2D eigenvalue weighted by Gasteiger charge is 2.32. The second-order valence-corrected chi connectivity index (χ2v) is 6.32. The minimum absolute atomic E-state index is 0.129. The molecule has 0 aromatic heterocycles. The number of ether oxygens (including phenoxy) is 4. The van der Waals surface area contributed by atoms with Gasteiger partial charge in [0.1, 0.15) is 5.75 Å². The number of hydrogen-bond donors (Lipinski definition) is 0. The molecule has 7 nitrogen and oxygen atoms in total. The number of methoxy groups -OCH3 is 4. The highest BCUT2D eigenvalue weighted by atomic mass is 16.5. The molecule has 7 heteroatoms. The van der Waals surface area contributed by atoms with Crippen LogP contribution in [0.5, 0.6) is 23.0 Å². The molecule has 0 radical (unpaired) electrons. The highest BCUT2D eigenvalue weighted by molar-refractivity contribution is 6.04. The molecule has 28 heavy (non-hydrogen) atoms. The van der Waals surface area contributed by atoms with Gasteiger partial charge in [-0.25, -0.2) is 5.01 Å². The van der Waals surface area contributed by atoms with Crippen LogP contribution in [0.2, 0.25) is 0 Å². The minimum atomic E-state index is -0.207. The molecule has 0 bridgehead atoms. The first kappa shape index (κ1) is 19.5. The van der Waals surface area contributed by atoms with Gasteiger partial charge >= 0.3 is 0 Å². The van der Waals surface area contributed by atoms with E-state index in [9.17, 15) is 4.79 Å². The topological polar surface area (TPSA) is 69.6 Å². The molecule has 0 spiro atoms. The van der Waals surface area contributed by atoms with Crippen molar-refractivity contribution < 1.29 is 23.7 Å². The summed E-state index contributed by atoms with van der Waals surface area (Å²) in [5, 5.41) is 6.09. The van der Waals surface area contributed by atoms with E-state index in [4.69, 9.17) is 18.9 Å². The van der Waals surface area contributed by atoms with Crippen molar-refractivity contribution in [3.63, 3.8) is 0 Å². The summed E-state index contributed by atoms with van der Waals surface area (Å²) in [7, 11) is 6.31. The monoisotopic (exact) mass is 384 g/mol. The molecule has 1 atom stereocenters. The van der Waals surface area contributed by atoms with Gasteiger partial charge in [0, 0.05) is 18.9 Å². The zero-order valence-corrected chi connectivity index (χ0v) is 16.7. The molecule has 1 heterocycles. The summed E-state index contributed by atoms with van der Waals surface area (Å²) < 4.78 is 21.6. The quantitative estimate of drug-likeness (QED) is 0.763. The summed E-state index contributed by atoms with van der Waals surface area (Å²) in [5.41, 5.74) is 2.54. The zero-order chi connectivity index (χ0) is 20.3. The molecule has 1 aliphatic rings. The van der Waals surface area contributed by atoms with Crippen molar-refractivity contribution >= 4 is 11.6 Å². The Hall–Kier alpha value is -3.22. The van der Waals surface area contributed by atoms with E-state index in [0.717, 1.165) is 22.6 Å². The van der Waals surface area contributed by atoms with Crippen LogP contribution in [0.25, 0.3) is 0 Å². The Morgan fingerprint density at radius 3 is 2.21 bits per heavy atom. The van der Waals surface area contributed by atoms with Crippen molar-refractivity contribution in [1.82, 2.24) is 5.01 Å². The lowest BCUT2D eigenvalue weighted by molar-refractivity contribution is -0.130. The molecule has 0 fully saturated rings. The summed E-state index contributed by atoms with van der Waals surface area (Å²) in [6.45, 7) is 1.51. The average Bonchev–Trinajstić information content (AvgIpc) is 3.18. The molecule has 1 aliphatic heterocycles. The van der Waals surface area contributed by atoms with Gasteiger partial charge in [-0.3, -0.25) is 4.79 Å². The SMILES string of the molecule is COc1cccc(C2CC(c3cc(OC)c(OC)c(OC)c3)=NN2C(C)=O)c1. The second kappa shape index (κ2) is 8.21. The number of nitrogens with zero attached hydrogens (tertiary/aromatic N) is 2. The van der Waals surface area contributed by atoms with E-state index in [1.165, 1.54) is 11.9 Å². The Morgan fingerprint density at radius 2 is 1.68 bits per heavy atom. The normalized spacial score (nSPS) is 15.8. The van der Waals surface area contributed by atoms with Crippen LogP contribution in [0.4, 0.5) is 0 Å². The van der Waals surface area contributed by atoms with Gasteiger partial charge in [-0.15, -0.1) is 0 Å². The number of benzene rings is 2. The van der Waals surface area contributed by atoms with Gasteiger partial charge < -0.3 is 18.9 Å². The van der Waals surface area contributed by atoms with Gasteiger partial charge in [0.25, 0.3) is 0 Å². The molecule has 2 aromatic carbocycles. The third-order valence-electron chi connectivity index (χ3n) is 4.71. The summed E-state index contributed by atoms with van der Waals surface area (Å²) in [6, 6.07) is 11.1. The number of carbonyl (C=O) groups is 1. The minimum Gasteiger partial charge on any atom is -0.497 e. The van der Waals surface area contributed by atoms with E-state index in [-0.39, 0.29) is 11.9 Å². The first-order chi connectivity index (χ1) is 13.5. The maximum Gasteiger partial charge on any atom is 0.240 e. The van der Waals surface area contributed by atoms with Crippen LogP contribution >= 0.6 is 0 Å². The van der Waals surface area contributed by atoms with Gasteiger partial charge in [-0.1, -0.05) is 12.1 Å². The molecule has 148 valence electrons. The van der Waals surface area contributed by atoms with Crippen LogP contribution in [0.15, 0.2) is 41.5 Å². The Balaban J connectivity index is 2.01. The van der Waals surface area contributed by atoms with Crippen molar-refractivity contribution in [2.24, 2.45) is 5.10 Å².